The summed E-state index contributed by atoms with van der Waals surface area (Å²) in [7, 11) is 0. The van der Waals surface area contributed by atoms with Gasteiger partial charge in [-0.2, -0.15) is 0 Å². The number of nitrogens with zero attached hydrogens (tertiary/aromatic N) is 1. The highest BCUT2D eigenvalue weighted by atomic mass is 32.2. The van der Waals surface area contributed by atoms with Crippen molar-refractivity contribution in [3.8, 4) is 5.75 Å². The van der Waals surface area contributed by atoms with Gasteiger partial charge in [-0.3, -0.25) is 0 Å². The van der Waals surface area contributed by atoms with Crippen LogP contribution in [0.15, 0.2) is 23.4 Å². The maximum Gasteiger partial charge on any atom is 0.151 e. The molecular formula is C12H19NO2S. The normalized spacial score (nSPS) is 12.4. The van der Waals surface area contributed by atoms with Crippen molar-refractivity contribution in [2.24, 2.45) is 5.92 Å². The fourth-order valence-electron chi connectivity index (χ4n) is 1.08. The Morgan fingerprint density at radius 2 is 2.38 bits per heavy atom. The molecule has 0 aliphatic rings. The second-order valence-electron chi connectivity index (χ2n) is 3.75. The highest BCUT2D eigenvalue weighted by Gasteiger charge is 2.07. The Hall–Kier alpha value is -0.740. The van der Waals surface area contributed by atoms with Crippen LogP contribution in [0.25, 0.3) is 0 Å². The highest BCUT2D eigenvalue weighted by molar-refractivity contribution is 7.99. The lowest BCUT2D eigenvalue weighted by atomic mass is 10.2. The fraction of sp³-hybridized carbons (Fsp3) is 0.583. The van der Waals surface area contributed by atoms with E-state index in [1.807, 2.05) is 19.1 Å². The van der Waals surface area contributed by atoms with Crippen molar-refractivity contribution in [3.63, 3.8) is 0 Å². The van der Waals surface area contributed by atoms with Gasteiger partial charge in [0, 0.05) is 18.6 Å². The van der Waals surface area contributed by atoms with Crippen molar-refractivity contribution in [2.45, 2.75) is 25.3 Å². The molecule has 4 heteroatoms. The number of thioether (sulfide) groups is 1. The third-order valence-electron chi connectivity index (χ3n) is 2.01. The minimum absolute atomic E-state index is 0.213. The molecule has 0 saturated heterocycles. The van der Waals surface area contributed by atoms with Crippen LogP contribution < -0.4 is 4.74 Å². The highest BCUT2D eigenvalue weighted by Crippen LogP contribution is 2.28. The van der Waals surface area contributed by atoms with Crippen LogP contribution in [-0.2, 0) is 0 Å². The molecule has 90 valence electrons. The average Bonchev–Trinajstić information content (AvgIpc) is 2.34. The third-order valence-corrected chi connectivity index (χ3v) is 3.33. The SMILES string of the molecule is CCCOc1cccnc1SCC(C)CO. The standard InChI is InChI=1S/C12H19NO2S/c1-3-7-15-11-5-4-6-13-12(11)16-9-10(2)8-14/h4-6,10,14H,3,7-9H2,1-2H3. The first kappa shape index (κ1) is 13.3. The lowest BCUT2D eigenvalue weighted by molar-refractivity contribution is 0.250. The summed E-state index contributed by atoms with van der Waals surface area (Å²) in [6, 6.07) is 3.82. The summed E-state index contributed by atoms with van der Waals surface area (Å²) >= 11 is 1.63. The monoisotopic (exact) mass is 241 g/mol. The average molecular weight is 241 g/mol. The van der Waals surface area contributed by atoms with E-state index in [-0.39, 0.29) is 12.5 Å². The molecule has 1 aromatic heterocycles. The van der Waals surface area contributed by atoms with E-state index >= 15 is 0 Å². The van der Waals surface area contributed by atoms with Gasteiger partial charge in [-0.15, -0.1) is 11.8 Å². The number of aliphatic hydroxyl groups excluding tert-OH is 1. The first-order valence-corrected chi connectivity index (χ1v) is 6.58. The largest absolute Gasteiger partial charge is 0.491 e. The summed E-state index contributed by atoms with van der Waals surface area (Å²) in [5.41, 5.74) is 0. The van der Waals surface area contributed by atoms with Crippen molar-refractivity contribution in [1.82, 2.24) is 4.98 Å². The summed E-state index contributed by atoms with van der Waals surface area (Å²) in [4.78, 5) is 4.29. The van der Waals surface area contributed by atoms with Crippen LogP contribution in [0.1, 0.15) is 20.3 Å². The van der Waals surface area contributed by atoms with Crippen molar-refractivity contribution in [2.75, 3.05) is 19.0 Å². The van der Waals surface area contributed by atoms with Crippen molar-refractivity contribution in [3.05, 3.63) is 18.3 Å². The Morgan fingerprint density at radius 1 is 1.56 bits per heavy atom. The maximum absolute atomic E-state index is 8.96. The molecule has 1 rings (SSSR count). The minimum atomic E-state index is 0.213. The molecule has 0 aromatic carbocycles. The Labute approximate surface area is 101 Å². The van der Waals surface area contributed by atoms with Crippen LogP contribution in [0.4, 0.5) is 0 Å². The summed E-state index contributed by atoms with van der Waals surface area (Å²) in [5, 5.41) is 9.87. The minimum Gasteiger partial charge on any atom is -0.491 e. The lowest BCUT2D eigenvalue weighted by Crippen LogP contribution is -2.04. The molecule has 0 radical (unpaired) electrons. The second kappa shape index (κ2) is 7.52. The molecule has 0 aliphatic heterocycles. The van der Waals surface area contributed by atoms with E-state index < -0.39 is 0 Å². The van der Waals surface area contributed by atoms with E-state index in [1.165, 1.54) is 0 Å². The number of hydrogen-bond acceptors (Lipinski definition) is 4. The van der Waals surface area contributed by atoms with E-state index in [9.17, 15) is 0 Å². The van der Waals surface area contributed by atoms with Crippen molar-refractivity contribution < 1.29 is 9.84 Å². The number of hydrogen-bond donors (Lipinski definition) is 1. The Balaban J connectivity index is 2.56. The van der Waals surface area contributed by atoms with Crippen LogP contribution in [0.5, 0.6) is 5.75 Å². The summed E-state index contributed by atoms with van der Waals surface area (Å²) in [6.45, 7) is 5.03. The van der Waals surface area contributed by atoms with E-state index in [2.05, 4.69) is 11.9 Å². The van der Waals surface area contributed by atoms with E-state index in [1.54, 1.807) is 18.0 Å². The quantitative estimate of drug-likeness (QED) is 0.745. The molecular weight excluding hydrogens is 222 g/mol. The van der Waals surface area contributed by atoms with E-state index in [4.69, 9.17) is 9.84 Å². The lowest BCUT2D eigenvalue weighted by Gasteiger charge is -2.11. The Bertz CT molecular complexity index is 307. The number of aromatic nitrogens is 1. The van der Waals surface area contributed by atoms with Crippen molar-refractivity contribution >= 4 is 11.8 Å². The van der Waals surface area contributed by atoms with Crippen LogP contribution in [0, 0.1) is 5.92 Å². The zero-order valence-electron chi connectivity index (χ0n) is 9.85. The fourth-order valence-corrected chi connectivity index (χ4v) is 2.03. The Morgan fingerprint density at radius 3 is 3.06 bits per heavy atom. The molecule has 1 heterocycles. The first-order chi connectivity index (χ1) is 7.77. The number of pyridine rings is 1. The molecule has 16 heavy (non-hydrogen) atoms. The summed E-state index contributed by atoms with van der Waals surface area (Å²) < 4.78 is 5.61. The summed E-state index contributed by atoms with van der Waals surface area (Å²) in [6.07, 6.45) is 2.76. The van der Waals surface area contributed by atoms with Gasteiger partial charge < -0.3 is 9.84 Å². The number of ether oxygens (including phenoxy) is 1. The first-order valence-electron chi connectivity index (χ1n) is 5.59. The van der Waals surface area contributed by atoms with Crippen LogP contribution in [0.3, 0.4) is 0 Å². The maximum atomic E-state index is 8.96. The molecule has 1 N–H and O–H groups in total. The molecule has 0 saturated carbocycles. The van der Waals surface area contributed by atoms with Gasteiger partial charge >= 0.3 is 0 Å². The van der Waals surface area contributed by atoms with Gasteiger partial charge in [-0.05, 0) is 24.5 Å². The third kappa shape index (κ3) is 4.41. The molecule has 3 nitrogen and oxygen atoms in total. The number of rotatable bonds is 7. The van der Waals surface area contributed by atoms with Gasteiger partial charge in [0.05, 0.1) is 6.61 Å². The van der Waals surface area contributed by atoms with Crippen LogP contribution >= 0.6 is 11.8 Å². The number of aliphatic hydroxyl groups is 1. The van der Waals surface area contributed by atoms with E-state index in [0.717, 1.165) is 29.6 Å². The van der Waals surface area contributed by atoms with Crippen molar-refractivity contribution in [1.29, 1.82) is 0 Å². The van der Waals surface area contributed by atoms with E-state index in [0.29, 0.717) is 0 Å². The second-order valence-corrected chi connectivity index (χ2v) is 4.76. The molecule has 1 atom stereocenters. The molecule has 1 aromatic rings. The van der Waals surface area contributed by atoms with Gasteiger partial charge in [0.2, 0.25) is 0 Å². The van der Waals surface area contributed by atoms with Crippen LogP contribution in [0.2, 0.25) is 0 Å². The predicted octanol–water partition coefficient (Wildman–Crippen LogP) is 2.59. The van der Waals surface area contributed by atoms with Gasteiger partial charge in [0.1, 0.15) is 5.03 Å². The molecule has 0 spiro atoms. The van der Waals surface area contributed by atoms with Gasteiger partial charge in [0.25, 0.3) is 0 Å². The van der Waals surface area contributed by atoms with Gasteiger partial charge in [0.15, 0.2) is 5.75 Å². The molecule has 0 bridgehead atoms. The van der Waals surface area contributed by atoms with Crippen LogP contribution in [-0.4, -0.2) is 29.1 Å². The zero-order valence-corrected chi connectivity index (χ0v) is 10.7. The van der Waals surface area contributed by atoms with Gasteiger partial charge in [-0.1, -0.05) is 13.8 Å². The molecule has 0 amide bonds. The molecule has 0 fully saturated rings. The predicted molar refractivity (Wildman–Crippen MR) is 67.0 cm³/mol. The van der Waals surface area contributed by atoms with Gasteiger partial charge in [-0.25, -0.2) is 4.98 Å². The molecule has 0 aliphatic carbocycles. The smallest absolute Gasteiger partial charge is 0.151 e. The molecule has 1 unspecified atom stereocenters. The topological polar surface area (TPSA) is 42.4 Å². The summed E-state index contributed by atoms with van der Waals surface area (Å²) in [5.74, 6) is 1.99. The zero-order chi connectivity index (χ0) is 11.8. The Kier molecular flexibility index (Phi) is 6.26.